The minimum Gasteiger partial charge on any atom is -0.351 e. The van der Waals surface area contributed by atoms with Crippen molar-refractivity contribution in [3.8, 4) is 0 Å². The number of nitrogens with one attached hydrogen (secondary N) is 1. The molecular weight excluding hydrogens is 361 g/mol. The van der Waals surface area contributed by atoms with Crippen LogP contribution in [-0.4, -0.2) is 12.5 Å². The van der Waals surface area contributed by atoms with Gasteiger partial charge in [-0.05, 0) is 17.2 Å². The molecular formula is C19H15Cl2NOS. The maximum atomic E-state index is 12.4. The average molecular weight is 376 g/mol. The zero-order chi connectivity index (χ0) is 16.9. The Hall–Kier alpha value is -1.81. The molecule has 0 saturated carbocycles. The molecule has 5 heteroatoms. The number of benzene rings is 2. The summed E-state index contributed by atoms with van der Waals surface area (Å²) in [4.78, 5) is 12.4. The lowest BCUT2D eigenvalue weighted by Crippen LogP contribution is -2.28. The topological polar surface area (TPSA) is 29.1 Å². The van der Waals surface area contributed by atoms with E-state index >= 15 is 0 Å². The van der Waals surface area contributed by atoms with Crippen LogP contribution in [0.1, 0.15) is 27.4 Å². The minimum absolute atomic E-state index is 0.0734. The van der Waals surface area contributed by atoms with Gasteiger partial charge in [0, 0.05) is 12.5 Å². The first-order chi connectivity index (χ1) is 11.6. The van der Waals surface area contributed by atoms with Crippen molar-refractivity contribution < 1.29 is 4.79 Å². The largest absolute Gasteiger partial charge is 0.351 e. The lowest BCUT2D eigenvalue weighted by atomic mass is 9.91. The summed E-state index contributed by atoms with van der Waals surface area (Å²) in [6.07, 6.45) is 0. The van der Waals surface area contributed by atoms with E-state index in [9.17, 15) is 4.79 Å². The van der Waals surface area contributed by atoms with Crippen molar-refractivity contribution in [1.29, 1.82) is 0 Å². The maximum Gasteiger partial charge on any atom is 0.253 e. The molecule has 1 amide bonds. The van der Waals surface area contributed by atoms with E-state index in [-0.39, 0.29) is 11.8 Å². The van der Waals surface area contributed by atoms with Gasteiger partial charge in [-0.3, -0.25) is 4.79 Å². The molecule has 0 spiro atoms. The summed E-state index contributed by atoms with van der Waals surface area (Å²) in [6.45, 7) is 0.483. The number of carbonyl (C=O) groups is 1. The standard InChI is InChI=1S/C19H15Cl2NOS/c20-17-11-15(18(21)24-17)19(23)22-12-16(13-7-3-1-4-8-13)14-9-5-2-6-10-14/h1-11,16H,12H2,(H,22,23). The fraction of sp³-hybridized carbons (Fsp3) is 0.105. The second-order valence-electron chi connectivity index (χ2n) is 5.32. The predicted molar refractivity (Wildman–Crippen MR) is 101 cm³/mol. The van der Waals surface area contributed by atoms with Crippen molar-refractivity contribution in [2.24, 2.45) is 0 Å². The van der Waals surface area contributed by atoms with E-state index in [1.807, 2.05) is 36.4 Å². The molecule has 0 unspecified atom stereocenters. The van der Waals surface area contributed by atoms with E-state index in [2.05, 4.69) is 29.6 Å². The number of thiophene rings is 1. The fourth-order valence-electron chi connectivity index (χ4n) is 2.58. The Morgan fingerprint density at radius 3 is 1.96 bits per heavy atom. The number of hydrogen-bond donors (Lipinski definition) is 1. The van der Waals surface area contributed by atoms with Gasteiger partial charge < -0.3 is 5.32 Å². The molecule has 0 bridgehead atoms. The van der Waals surface area contributed by atoms with Crippen LogP contribution in [0.25, 0.3) is 0 Å². The van der Waals surface area contributed by atoms with Gasteiger partial charge in [0.2, 0.25) is 0 Å². The Morgan fingerprint density at radius 2 is 1.50 bits per heavy atom. The fourth-order valence-corrected chi connectivity index (χ4v) is 4.04. The average Bonchev–Trinajstić information content (AvgIpc) is 2.95. The van der Waals surface area contributed by atoms with Crippen LogP contribution in [0.5, 0.6) is 0 Å². The van der Waals surface area contributed by atoms with Gasteiger partial charge in [-0.1, -0.05) is 83.9 Å². The van der Waals surface area contributed by atoms with Crippen molar-refractivity contribution in [2.45, 2.75) is 5.92 Å². The van der Waals surface area contributed by atoms with E-state index in [0.29, 0.717) is 20.8 Å². The lowest BCUT2D eigenvalue weighted by Gasteiger charge is -2.18. The van der Waals surface area contributed by atoms with E-state index in [1.165, 1.54) is 11.3 Å². The van der Waals surface area contributed by atoms with Crippen LogP contribution in [0, 0.1) is 0 Å². The smallest absolute Gasteiger partial charge is 0.253 e. The summed E-state index contributed by atoms with van der Waals surface area (Å²) < 4.78 is 0.918. The van der Waals surface area contributed by atoms with Gasteiger partial charge in [-0.2, -0.15) is 0 Å². The summed E-state index contributed by atoms with van der Waals surface area (Å²) in [7, 11) is 0. The van der Waals surface area contributed by atoms with Crippen LogP contribution in [0.3, 0.4) is 0 Å². The van der Waals surface area contributed by atoms with Crippen LogP contribution in [0.2, 0.25) is 8.67 Å². The zero-order valence-corrected chi connectivity index (χ0v) is 15.0. The molecule has 1 aromatic heterocycles. The van der Waals surface area contributed by atoms with Crippen molar-refractivity contribution in [3.63, 3.8) is 0 Å². The third kappa shape index (κ3) is 3.99. The highest BCUT2D eigenvalue weighted by molar-refractivity contribution is 7.20. The van der Waals surface area contributed by atoms with Crippen molar-refractivity contribution in [1.82, 2.24) is 5.32 Å². The lowest BCUT2D eigenvalue weighted by molar-refractivity contribution is 0.0953. The Balaban J connectivity index is 1.80. The second kappa shape index (κ2) is 7.84. The number of amides is 1. The molecule has 0 atom stereocenters. The Labute approximate surface area is 155 Å². The molecule has 0 radical (unpaired) electrons. The highest BCUT2D eigenvalue weighted by Crippen LogP contribution is 2.31. The quantitative estimate of drug-likeness (QED) is 0.616. The van der Waals surface area contributed by atoms with Crippen LogP contribution in [-0.2, 0) is 0 Å². The van der Waals surface area contributed by atoms with Gasteiger partial charge >= 0.3 is 0 Å². The van der Waals surface area contributed by atoms with Crippen molar-refractivity contribution in [3.05, 3.63) is 92.1 Å². The van der Waals surface area contributed by atoms with Gasteiger partial charge in [-0.15, -0.1) is 11.3 Å². The molecule has 0 fully saturated rings. The van der Waals surface area contributed by atoms with Gasteiger partial charge in [0.25, 0.3) is 5.91 Å². The molecule has 3 rings (SSSR count). The van der Waals surface area contributed by atoms with E-state index < -0.39 is 0 Å². The van der Waals surface area contributed by atoms with Gasteiger partial charge in [0.05, 0.1) is 9.90 Å². The van der Waals surface area contributed by atoms with E-state index in [1.54, 1.807) is 6.07 Å². The van der Waals surface area contributed by atoms with E-state index in [0.717, 1.165) is 11.1 Å². The molecule has 24 heavy (non-hydrogen) atoms. The monoisotopic (exact) mass is 375 g/mol. The van der Waals surface area contributed by atoms with E-state index in [4.69, 9.17) is 23.2 Å². The highest BCUT2D eigenvalue weighted by atomic mass is 35.5. The van der Waals surface area contributed by atoms with Crippen LogP contribution < -0.4 is 5.32 Å². The zero-order valence-electron chi connectivity index (χ0n) is 12.7. The number of rotatable bonds is 5. The van der Waals surface area contributed by atoms with Crippen molar-refractivity contribution >= 4 is 40.4 Å². The molecule has 122 valence electrons. The van der Waals surface area contributed by atoms with Gasteiger partial charge in [-0.25, -0.2) is 0 Å². The Bertz CT molecular complexity index is 778. The summed E-state index contributed by atoms with van der Waals surface area (Å²) in [5, 5.41) is 2.97. The number of halogens is 2. The predicted octanol–water partition coefficient (Wildman–Crippen LogP) is 5.62. The Morgan fingerprint density at radius 1 is 0.958 bits per heavy atom. The van der Waals surface area contributed by atoms with Crippen molar-refractivity contribution in [2.75, 3.05) is 6.54 Å². The molecule has 2 nitrogen and oxygen atoms in total. The third-order valence-electron chi connectivity index (χ3n) is 3.77. The molecule has 1 heterocycles. The molecule has 0 aliphatic heterocycles. The second-order valence-corrected chi connectivity index (χ2v) is 7.61. The molecule has 1 N–H and O–H groups in total. The molecule has 3 aromatic rings. The SMILES string of the molecule is O=C(NCC(c1ccccc1)c1ccccc1)c1cc(Cl)sc1Cl. The summed E-state index contributed by atoms with van der Waals surface area (Å²) in [6, 6.07) is 21.8. The number of hydrogen-bond acceptors (Lipinski definition) is 2. The minimum atomic E-state index is -0.208. The van der Waals surface area contributed by atoms with Gasteiger partial charge in [0.1, 0.15) is 4.34 Å². The van der Waals surface area contributed by atoms with Crippen LogP contribution in [0.15, 0.2) is 66.7 Å². The first-order valence-electron chi connectivity index (χ1n) is 7.48. The Kier molecular flexibility index (Phi) is 5.56. The van der Waals surface area contributed by atoms with Gasteiger partial charge in [0.15, 0.2) is 0 Å². The number of carbonyl (C=O) groups excluding carboxylic acids is 1. The molecule has 0 aliphatic rings. The molecule has 2 aromatic carbocycles. The van der Waals surface area contributed by atoms with Crippen LogP contribution in [0.4, 0.5) is 0 Å². The summed E-state index contributed by atoms with van der Waals surface area (Å²) >= 11 is 13.2. The maximum absolute atomic E-state index is 12.4. The first kappa shape index (κ1) is 17.0. The normalized spacial score (nSPS) is 10.8. The van der Waals surface area contributed by atoms with Crippen LogP contribution >= 0.6 is 34.5 Å². The first-order valence-corrected chi connectivity index (χ1v) is 9.05. The molecule has 0 aliphatic carbocycles. The molecule has 0 saturated heterocycles. The highest BCUT2D eigenvalue weighted by Gasteiger charge is 2.18. The summed E-state index contributed by atoms with van der Waals surface area (Å²) in [5.41, 5.74) is 2.73. The summed E-state index contributed by atoms with van der Waals surface area (Å²) in [5.74, 6) is -0.135. The third-order valence-corrected chi connectivity index (χ3v) is 5.26.